The molecule has 0 fully saturated rings. The van der Waals surface area contributed by atoms with Crippen LogP contribution in [0.25, 0.3) is 0 Å². The minimum absolute atomic E-state index is 0.121. The van der Waals surface area contributed by atoms with Crippen molar-refractivity contribution in [3.63, 3.8) is 0 Å². The molecule has 0 amide bonds. The molecule has 69 valence electrons. The van der Waals surface area contributed by atoms with E-state index in [0.717, 1.165) is 0 Å². The molecule has 0 heterocycles. The van der Waals surface area contributed by atoms with E-state index in [1.807, 2.05) is 0 Å². The monoisotopic (exact) mass is 181 g/mol. The lowest BCUT2D eigenvalue weighted by Gasteiger charge is -2.07. The second-order valence-electron chi connectivity index (χ2n) is 2.33. The summed E-state index contributed by atoms with van der Waals surface area (Å²) < 4.78 is 9.64. The Kier molecular flexibility index (Phi) is 2.74. The Morgan fingerprint density at radius 2 is 1.69 bits per heavy atom. The van der Waals surface area contributed by atoms with Gasteiger partial charge in [0, 0.05) is 5.56 Å². The molecule has 0 spiro atoms. The van der Waals surface area contributed by atoms with Crippen LogP contribution in [0.2, 0.25) is 0 Å². The highest BCUT2D eigenvalue weighted by atomic mass is 16.5. The fourth-order valence-corrected chi connectivity index (χ4v) is 0.952. The summed E-state index contributed by atoms with van der Waals surface area (Å²) in [6.07, 6.45) is 1.68. The molecule has 0 aliphatic carbocycles. The predicted octanol–water partition coefficient (Wildman–Crippen LogP) is 0.867. The Balaban J connectivity index is 3.28. The third-order valence-corrected chi connectivity index (χ3v) is 1.60. The topological polar surface area (TPSA) is 55.8 Å². The van der Waals surface area contributed by atoms with Crippen LogP contribution in [0.1, 0.15) is 5.56 Å². The SMILES string of the molecule is COc1cc([C]=O)cc(OC)c1O. The Bertz CT molecular complexity index is 294. The summed E-state index contributed by atoms with van der Waals surface area (Å²) in [6, 6.07) is 2.76. The van der Waals surface area contributed by atoms with Gasteiger partial charge < -0.3 is 14.6 Å². The van der Waals surface area contributed by atoms with Gasteiger partial charge in [-0.05, 0) is 12.1 Å². The van der Waals surface area contributed by atoms with Crippen LogP contribution in [0, 0.1) is 0 Å². The first kappa shape index (κ1) is 9.38. The van der Waals surface area contributed by atoms with Crippen molar-refractivity contribution in [2.45, 2.75) is 0 Å². The van der Waals surface area contributed by atoms with Crippen LogP contribution >= 0.6 is 0 Å². The number of benzene rings is 1. The molecular formula is C9H9O4. The van der Waals surface area contributed by atoms with E-state index in [-0.39, 0.29) is 22.8 Å². The second-order valence-corrected chi connectivity index (χ2v) is 2.33. The molecule has 0 bridgehead atoms. The normalized spacial score (nSPS) is 9.38. The average molecular weight is 181 g/mol. The molecule has 0 saturated heterocycles. The van der Waals surface area contributed by atoms with Gasteiger partial charge in [0.05, 0.1) is 14.2 Å². The average Bonchev–Trinajstić information content (AvgIpc) is 2.18. The molecule has 4 nitrogen and oxygen atoms in total. The molecule has 0 aliphatic heterocycles. The van der Waals surface area contributed by atoms with Crippen LogP contribution in [0.15, 0.2) is 12.1 Å². The van der Waals surface area contributed by atoms with Gasteiger partial charge in [0.1, 0.15) is 0 Å². The second kappa shape index (κ2) is 3.80. The summed E-state index contributed by atoms with van der Waals surface area (Å²) in [5, 5.41) is 9.43. The quantitative estimate of drug-likeness (QED) is 0.751. The third kappa shape index (κ3) is 1.72. The first-order valence-corrected chi connectivity index (χ1v) is 3.56. The number of phenols is 1. The zero-order valence-corrected chi connectivity index (χ0v) is 7.33. The molecule has 13 heavy (non-hydrogen) atoms. The number of rotatable bonds is 3. The van der Waals surface area contributed by atoms with Crippen LogP contribution < -0.4 is 9.47 Å². The summed E-state index contributed by atoms with van der Waals surface area (Å²) >= 11 is 0. The van der Waals surface area contributed by atoms with Crippen LogP contribution in [-0.4, -0.2) is 25.6 Å². The molecule has 1 aromatic rings. The molecule has 0 atom stereocenters. The predicted molar refractivity (Wildman–Crippen MR) is 46.0 cm³/mol. The highest BCUT2D eigenvalue weighted by Crippen LogP contribution is 2.36. The van der Waals surface area contributed by atoms with Crippen molar-refractivity contribution in [3.8, 4) is 17.2 Å². The lowest BCUT2D eigenvalue weighted by Crippen LogP contribution is -1.91. The van der Waals surface area contributed by atoms with E-state index >= 15 is 0 Å². The van der Waals surface area contributed by atoms with Crippen LogP contribution in [0.4, 0.5) is 0 Å². The number of hydrogen-bond acceptors (Lipinski definition) is 4. The van der Waals surface area contributed by atoms with Gasteiger partial charge in [-0.1, -0.05) is 0 Å². The van der Waals surface area contributed by atoms with Crippen molar-refractivity contribution in [2.75, 3.05) is 14.2 Å². The summed E-state index contributed by atoms with van der Waals surface area (Å²) in [4.78, 5) is 10.3. The number of aromatic hydroxyl groups is 1. The number of methoxy groups -OCH3 is 2. The molecule has 1 aromatic carbocycles. The minimum Gasteiger partial charge on any atom is -0.502 e. The molecule has 1 rings (SSSR count). The van der Waals surface area contributed by atoms with Crippen molar-refractivity contribution in [2.24, 2.45) is 0 Å². The largest absolute Gasteiger partial charge is 0.502 e. The van der Waals surface area contributed by atoms with Gasteiger partial charge in [-0.15, -0.1) is 0 Å². The molecule has 1 radical (unpaired) electrons. The maximum absolute atomic E-state index is 10.3. The minimum atomic E-state index is -0.121. The van der Waals surface area contributed by atoms with E-state index < -0.39 is 0 Å². The lowest BCUT2D eigenvalue weighted by atomic mass is 10.2. The zero-order chi connectivity index (χ0) is 9.84. The van der Waals surface area contributed by atoms with Crippen molar-refractivity contribution >= 4 is 6.29 Å². The number of phenolic OH excluding ortho intramolecular Hbond substituents is 1. The van der Waals surface area contributed by atoms with E-state index in [1.165, 1.54) is 26.4 Å². The molecule has 1 N–H and O–H groups in total. The zero-order valence-electron chi connectivity index (χ0n) is 7.33. The molecule has 4 heteroatoms. The Morgan fingerprint density at radius 3 is 2.00 bits per heavy atom. The van der Waals surface area contributed by atoms with Gasteiger partial charge in [0.25, 0.3) is 0 Å². The highest BCUT2D eigenvalue weighted by Gasteiger charge is 2.10. The first-order valence-electron chi connectivity index (χ1n) is 3.56. The van der Waals surface area contributed by atoms with Gasteiger partial charge >= 0.3 is 0 Å². The molecule has 0 saturated carbocycles. The van der Waals surface area contributed by atoms with Gasteiger partial charge in [0.2, 0.25) is 12.0 Å². The smallest absolute Gasteiger partial charge is 0.233 e. The number of ether oxygens (including phenoxy) is 2. The summed E-state index contributed by atoms with van der Waals surface area (Å²) in [6.45, 7) is 0. The van der Waals surface area contributed by atoms with Gasteiger partial charge in [-0.25, -0.2) is 0 Å². The van der Waals surface area contributed by atoms with E-state index in [1.54, 1.807) is 6.29 Å². The highest BCUT2D eigenvalue weighted by molar-refractivity contribution is 5.78. The number of hydrogen-bond donors (Lipinski definition) is 1. The van der Waals surface area contributed by atoms with E-state index in [9.17, 15) is 9.90 Å². The van der Waals surface area contributed by atoms with Crippen molar-refractivity contribution in [1.82, 2.24) is 0 Å². The number of carbonyl (C=O) groups excluding carboxylic acids is 1. The maximum atomic E-state index is 10.3. The van der Waals surface area contributed by atoms with Gasteiger partial charge in [-0.3, -0.25) is 4.79 Å². The summed E-state index contributed by atoms with van der Waals surface area (Å²) in [7, 11) is 2.78. The molecule has 0 unspecified atom stereocenters. The Labute approximate surface area is 75.7 Å². The van der Waals surface area contributed by atoms with Crippen molar-refractivity contribution in [1.29, 1.82) is 0 Å². The van der Waals surface area contributed by atoms with Gasteiger partial charge in [0.15, 0.2) is 11.5 Å². The fraction of sp³-hybridized carbons (Fsp3) is 0.222. The maximum Gasteiger partial charge on any atom is 0.233 e. The summed E-state index contributed by atoms with van der Waals surface area (Å²) in [5.74, 6) is 0.263. The first-order chi connectivity index (χ1) is 6.22. The molecule has 0 aromatic heterocycles. The Morgan fingerprint density at radius 1 is 1.23 bits per heavy atom. The van der Waals surface area contributed by atoms with Crippen LogP contribution in [0.5, 0.6) is 17.2 Å². The van der Waals surface area contributed by atoms with Crippen LogP contribution in [0.3, 0.4) is 0 Å². The lowest BCUT2D eigenvalue weighted by molar-refractivity contribution is 0.339. The molecular weight excluding hydrogens is 172 g/mol. The molecule has 0 aliphatic rings. The third-order valence-electron chi connectivity index (χ3n) is 1.60. The summed E-state index contributed by atoms with van der Waals surface area (Å²) in [5.41, 5.74) is 0.270. The van der Waals surface area contributed by atoms with Crippen LogP contribution in [-0.2, 0) is 4.79 Å². The fourth-order valence-electron chi connectivity index (χ4n) is 0.952. The van der Waals surface area contributed by atoms with Crippen molar-refractivity contribution < 1.29 is 19.4 Å². The Hall–Kier alpha value is -1.71. The van der Waals surface area contributed by atoms with E-state index in [4.69, 9.17) is 9.47 Å². The van der Waals surface area contributed by atoms with E-state index in [0.29, 0.717) is 0 Å². The standard InChI is InChI=1S/C9H9O4/c1-12-7-3-6(5-10)4-8(13-2)9(7)11/h3-4,11H,1-2H3. The van der Waals surface area contributed by atoms with Gasteiger partial charge in [-0.2, -0.15) is 0 Å². The van der Waals surface area contributed by atoms with Crippen molar-refractivity contribution in [3.05, 3.63) is 17.7 Å². The van der Waals surface area contributed by atoms with E-state index in [2.05, 4.69) is 0 Å².